The summed E-state index contributed by atoms with van der Waals surface area (Å²) in [7, 11) is 0. The van der Waals surface area contributed by atoms with Gasteiger partial charge in [0.15, 0.2) is 0 Å². The molecule has 90 valence electrons. The van der Waals surface area contributed by atoms with Gasteiger partial charge in [-0.25, -0.2) is 0 Å². The largest absolute Gasteiger partial charge is 0.493 e. The third kappa shape index (κ3) is 3.34. The molecule has 0 unspecified atom stereocenters. The van der Waals surface area contributed by atoms with Gasteiger partial charge in [0.05, 0.1) is 5.56 Å². The predicted octanol–water partition coefficient (Wildman–Crippen LogP) is 1.35. The van der Waals surface area contributed by atoms with E-state index in [4.69, 9.17) is 4.74 Å². The maximum absolute atomic E-state index is 11.6. The molecule has 0 saturated heterocycles. The molecule has 0 aliphatic carbocycles. The minimum absolute atomic E-state index is 0.180. The lowest BCUT2D eigenvalue weighted by Gasteiger charge is -2.05. The Bertz CT molecular complexity index is 387. The molecule has 5 nitrogen and oxygen atoms in total. The maximum atomic E-state index is 11.6. The molecule has 0 radical (unpaired) electrons. The summed E-state index contributed by atoms with van der Waals surface area (Å²) < 4.78 is 5.23. The lowest BCUT2D eigenvalue weighted by molar-refractivity contribution is 0.115. The SMILES string of the molecule is CCCOCc1nc(O)c(CCC)c(=O)[nH]1. The Balaban J connectivity index is 2.79. The van der Waals surface area contributed by atoms with Gasteiger partial charge in [0, 0.05) is 6.61 Å². The van der Waals surface area contributed by atoms with Gasteiger partial charge in [-0.3, -0.25) is 4.79 Å². The molecule has 0 spiro atoms. The number of aromatic nitrogens is 2. The van der Waals surface area contributed by atoms with Crippen molar-refractivity contribution in [2.24, 2.45) is 0 Å². The summed E-state index contributed by atoms with van der Waals surface area (Å²) in [5, 5.41) is 9.57. The number of nitrogens with zero attached hydrogens (tertiary/aromatic N) is 1. The van der Waals surface area contributed by atoms with Crippen LogP contribution in [0.15, 0.2) is 4.79 Å². The van der Waals surface area contributed by atoms with Crippen LogP contribution in [-0.2, 0) is 17.8 Å². The van der Waals surface area contributed by atoms with Crippen molar-refractivity contribution in [1.29, 1.82) is 0 Å². The van der Waals surface area contributed by atoms with Crippen LogP contribution in [0.25, 0.3) is 0 Å². The van der Waals surface area contributed by atoms with Crippen LogP contribution in [0.3, 0.4) is 0 Å². The zero-order valence-electron chi connectivity index (χ0n) is 9.75. The van der Waals surface area contributed by atoms with Gasteiger partial charge < -0.3 is 14.8 Å². The van der Waals surface area contributed by atoms with Crippen LogP contribution < -0.4 is 5.56 Å². The van der Waals surface area contributed by atoms with Gasteiger partial charge in [0.2, 0.25) is 5.88 Å². The van der Waals surface area contributed by atoms with Crippen molar-refractivity contribution in [1.82, 2.24) is 9.97 Å². The van der Waals surface area contributed by atoms with Crippen LogP contribution in [-0.4, -0.2) is 21.7 Å². The van der Waals surface area contributed by atoms with Gasteiger partial charge in [-0.1, -0.05) is 20.3 Å². The van der Waals surface area contributed by atoms with E-state index < -0.39 is 0 Å². The Morgan fingerprint density at radius 2 is 2.12 bits per heavy atom. The predicted molar refractivity (Wildman–Crippen MR) is 60.5 cm³/mol. The van der Waals surface area contributed by atoms with E-state index in [0.29, 0.717) is 24.4 Å². The molecule has 0 saturated carbocycles. The third-order valence-corrected chi connectivity index (χ3v) is 2.13. The van der Waals surface area contributed by atoms with Crippen molar-refractivity contribution in [3.05, 3.63) is 21.7 Å². The van der Waals surface area contributed by atoms with E-state index in [9.17, 15) is 9.90 Å². The standard InChI is InChI=1S/C11H18N2O3/c1-3-5-8-10(14)12-9(13-11(8)15)7-16-6-4-2/h3-7H2,1-2H3,(H2,12,13,14,15). The highest BCUT2D eigenvalue weighted by molar-refractivity contribution is 5.22. The number of rotatable bonds is 6. The zero-order chi connectivity index (χ0) is 12.0. The van der Waals surface area contributed by atoms with Crippen molar-refractivity contribution < 1.29 is 9.84 Å². The molecule has 0 aliphatic heterocycles. The third-order valence-electron chi connectivity index (χ3n) is 2.13. The van der Waals surface area contributed by atoms with Crippen molar-refractivity contribution in [3.8, 4) is 5.88 Å². The first-order chi connectivity index (χ1) is 7.69. The number of aromatic hydroxyl groups is 1. The molecule has 2 N–H and O–H groups in total. The summed E-state index contributed by atoms with van der Waals surface area (Å²) in [5.74, 6) is 0.191. The average molecular weight is 226 g/mol. The van der Waals surface area contributed by atoms with Gasteiger partial charge >= 0.3 is 0 Å². The van der Waals surface area contributed by atoms with Crippen LogP contribution in [0.5, 0.6) is 5.88 Å². The lowest BCUT2D eigenvalue weighted by Crippen LogP contribution is -2.17. The Labute approximate surface area is 94.5 Å². The summed E-state index contributed by atoms with van der Waals surface area (Å²) >= 11 is 0. The molecule has 1 aromatic heterocycles. The molecule has 0 bridgehead atoms. The van der Waals surface area contributed by atoms with Crippen molar-refractivity contribution in [2.45, 2.75) is 39.7 Å². The van der Waals surface area contributed by atoms with Crippen LogP contribution >= 0.6 is 0 Å². The Hall–Kier alpha value is -1.36. The highest BCUT2D eigenvalue weighted by Gasteiger charge is 2.09. The molecule has 1 rings (SSSR count). The summed E-state index contributed by atoms with van der Waals surface area (Å²) in [6, 6.07) is 0. The van der Waals surface area contributed by atoms with Gasteiger partial charge in [-0.15, -0.1) is 0 Å². The summed E-state index contributed by atoms with van der Waals surface area (Å²) in [6.45, 7) is 4.78. The monoisotopic (exact) mass is 226 g/mol. The molecule has 16 heavy (non-hydrogen) atoms. The van der Waals surface area contributed by atoms with Gasteiger partial charge in [-0.2, -0.15) is 4.98 Å². The molecule has 0 fully saturated rings. The van der Waals surface area contributed by atoms with Crippen LogP contribution in [0.1, 0.15) is 38.1 Å². The first-order valence-corrected chi connectivity index (χ1v) is 5.57. The topological polar surface area (TPSA) is 75.2 Å². The fraction of sp³-hybridized carbons (Fsp3) is 0.636. The summed E-state index contributed by atoms with van der Waals surface area (Å²) in [4.78, 5) is 18.1. The molecular weight excluding hydrogens is 208 g/mol. The van der Waals surface area contributed by atoms with Crippen molar-refractivity contribution in [3.63, 3.8) is 0 Å². The fourth-order valence-corrected chi connectivity index (χ4v) is 1.39. The average Bonchev–Trinajstić information content (AvgIpc) is 2.24. The van der Waals surface area contributed by atoms with E-state index in [-0.39, 0.29) is 18.0 Å². The second kappa shape index (κ2) is 6.27. The molecular formula is C11H18N2O3. The molecule has 0 aromatic carbocycles. The number of nitrogens with one attached hydrogen (secondary N) is 1. The second-order valence-electron chi connectivity index (χ2n) is 3.62. The highest BCUT2D eigenvalue weighted by atomic mass is 16.5. The maximum Gasteiger partial charge on any atom is 0.257 e. The van der Waals surface area contributed by atoms with E-state index >= 15 is 0 Å². The Morgan fingerprint density at radius 3 is 2.69 bits per heavy atom. The number of aromatic amines is 1. The number of ether oxygens (including phenoxy) is 1. The van der Waals surface area contributed by atoms with Crippen LogP contribution in [0.4, 0.5) is 0 Å². The number of H-pyrrole nitrogens is 1. The highest BCUT2D eigenvalue weighted by Crippen LogP contribution is 2.10. The lowest BCUT2D eigenvalue weighted by atomic mass is 10.2. The zero-order valence-corrected chi connectivity index (χ0v) is 9.75. The van der Waals surface area contributed by atoms with E-state index in [1.54, 1.807) is 0 Å². The van der Waals surface area contributed by atoms with Crippen molar-refractivity contribution in [2.75, 3.05) is 6.61 Å². The Kier molecular flexibility index (Phi) is 4.98. The van der Waals surface area contributed by atoms with Gasteiger partial charge in [-0.05, 0) is 12.8 Å². The fourth-order valence-electron chi connectivity index (χ4n) is 1.39. The van der Waals surface area contributed by atoms with Gasteiger partial charge in [0.25, 0.3) is 5.56 Å². The summed E-state index contributed by atoms with van der Waals surface area (Å²) in [6.07, 6.45) is 2.23. The Morgan fingerprint density at radius 1 is 1.38 bits per heavy atom. The number of hydrogen-bond acceptors (Lipinski definition) is 4. The van der Waals surface area contributed by atoms with Crippen LogP contribution in [0.2, 0.25) is 0 Å². The van der Waals surface area contributed by atoms with Crippen LogP contribution in [0, 0.1) is 0 Å². The van der Waals surface area contributed by atoms with Gasteiger partial charge in [0.1, 0.15) is 12.4 Å². The summed E-state index contributed by atoms with van der Waals surface area (Å²) in [5.41, 5.74) is 0.0752. The molecule has 1 aromatic rings. The molecule has 0 aliphatic rings. The minimum Gasteiger partial charge on any atom is -0.493 e. The molecule has 0 amide bonds. The van der Waals surface area contributed by atoms with E-state index in [1.165, 1.54) is 0 Å². The van der Waals surface area contributed by atoms with E-state index in [1.807, 2.05) is 13.8 Å². The smallest absolute Gasteiger partial charge is 0.257 e. The normalized spacial score (nSPS) is 10.6. The molecule has 5 heteroatoms. The first kappa shape index (κ1) is 12.7. The van der Waals surface area contributed by atoms with E-state index in [2.05, 4.69) is 9.97 Å². The first-order valence-electron chi connectivity index (χ1n) is 5.57. The minimum atomic E-state index is -0.274. The molecule has 1 heterocycles. The molecule has 0 atom stereocenters. The number of hydrogen-bond donors (Lipinski definition) is 2. The quantitative estimate of drug-likeness (QED) is 0.718. The van der Waals surface area contributed by atoms with Crippen molar-refractivity contribution >= 4 is 0 Å². The second-order valence-corrected chi connectivity index (χ2v) is 3.62. The van der Waals surface area contributed by atoms with E-state index in [0.717, 1.165) is 12.8 Å².